The molecule has 5 nitrogen and oxygen atoms in total. The monoisotopic (exact) mass is 179 g/mol. The highest BCUT2D eigenvalue weighted by atomic mass is 32.2. The Labute approximate surface area is 64.6 Å². The summed E-state index contributed by atoms with van der Waals surface area (Å²) >= 11 is 0. The van der Waals surface area contributed by atoms with E-state index in [0.29, 0.717) is 0 Å². The van der Waals surface area contributed by atoms with Crippen molar-refractivity contribution in [1.82, 2.24) is 0 Å². The van der Waals surface area contributed by atoms with Crippen LogP contribution in [0.5, 0.6) is 0 Å². The minimum Gasteiger partial charge on any atom is -0.366 e. The summed E-state index contributed by atoms with van der Waals surface area (Å²) in [6.07, 6.45) is -0.131. The van der Waals surface area contributed by atoms with E-state index in [4.69, 9.17) is 10.3 Å². The lowest BCUT2D eigenvalue weighted by molar-refractivity contribution is -0.114. The lowest BCUT2D eigenvalue weighted by Crippen LogP contribution is -2.15. The fourth-order valence-corrected chi connectivity index (χ4v) is 0.880. The van der Waals surface area contributed by atoms with Crippen LogP contribution in [0, 0.1) is 0 Å². The number of carbonyl (C=O) groups is 1. The van der Waals surface area contributed by atoms with Crippen molar-refractivity contribution in [3.63, 3.8) is 0 Å². The van der Waals surface area contributed by atoms with Crippen LogP contribution in [0.4, 0.5) is 0 Å². The number of amides is 1. The van der Waals surface area contributed by atoms with Gasteiger partial charge in [0.1, 0.15) is 0 Å². The Bertz CT molecular complexity index is 266. The van der Waals surface area contributed by atoms with Crippen LogP contribution in [0.1, 0.15) is 6.42 Å². The molecule has 0 aliphatic heterocycles. The maximum absolute atomic E-state index is 10.3. The molecule has 0 aromatic rings. The first-order valence-corrected chi connectivity index (χ1v) is 4.36. The van der Waals surface area contributed by atoms with Crippen LogP contribution in [-0.2, 0) is 14.9 Å². The highest BCUT2D eigenvalue weighted by molar-refractivity contribution is 7.85. The quantitative estimate of drug-likeness (QED) is 0.440. The minimum atomic E-state index is -4.02. The fourth-order valence-electron chi connectivity index (χ4n) is 0.375. The zero-order chi connectivity index (χ0) is 9.07. The van der Waals surface area contributed by atoms with Crippen molar-refractivity contribution in [2.75, 3.05) is 5.75 Å². The summed E-state index contributed by atoms with van der Waals surface area (Å²) in [5, 5.41) is 0. The molecule has 0 aliphatic rings. The Hall–Kier alpha value is -0.880. The second-order valence-corrected chi connectivity index (χ2v) is 3.58. The summed E-state index contributed by atoms with van der Waals surface area (Å²) in [6, 6.07) is 0. The van der Waals surface area contributed by atoms with Gasteiger partial charge in [-0.2, -0.15) is 8.42 Å². The molecule has 0 spiro atoms. The van der Waals surface area contributed by atoms with Crippen molar-refractivity contribution in [3.05, 3.63) is 12.2 Å². The van der Waals surface area contributed by atoms with Gasteiger partial charge in [0.05, 0.1) is 5.75 Å². The van der Waals surface area contributed by atoms with Crippen LogP contribution < -0.4 is 5.73 Å². The third-order valence-electron chi connectivity index (χ3n) is 1.01. The van der Waals surface area contributed by atoms with Gasteiger partial charge in [-0.05, 0) is 6.42 Å². The number of hydrogen-bond donors (Lipinski definition) is 2. The molecule has 0 saturated heterocycles. The van der Waals surface area contributed by atoms with Gasteiger partial charge < -0.3 is 5.73 Å². The molecule has 0 aliphatic carbocycles. The SMILES string of the molecule is C=C(CCS(=O)(=O)O)C(N)=O. The lowest BCUT2D eigenvalue weighted by Gasteiger charge is -1.97. The lowest BCUT2D eigenvalue weighted by atomic mass is 10.2. The van der Waals surface area contributed by atoms with E-state index in [1.807, 2.05) is 0 Å². The molecule has 0 radical (unpaired) electrons. The maximum Gasteiger partial charge on any atom is 0.265 e. The summed E-state index contributed by atoms with van der Waals surface area (Å²) in [5.41, 5.74) is 4.74. The predicted molar refractivity (Wildman–Crippen MR) is 39.4 cm³/mol. The molecule has 0 bridgehead atoms. The second kappa shape index (κ2) is 3.49. The Kier molecular flexibility index (Phi) is 3.21. The third kappa shape index (κ3) is 5.56. The van der Waals surface area contributed by atoms with Gasteiger partial charge in [0.15, 0.2) is 0 Å². The third-order valence-corrected chi connectivity index (χ3v) is 1.73. The van der Waals surface area contributed by atoms with E-state index in [2.05, 4.69) is 6.58 Å². The number of rotatable bonds is 4. The van der Waals surface area contributed by atoms with Crippen LogP contribution in [0.15, 0.2) is 12.2 Å². The highest BCUT2D eigenvalue weighted by Crippen LogP contribution is 1.98. The van der Waals surface area contributed by atoms with E-state index < -0.39 is 21.8 Å². The number of carbonyl (C=O) groups excluding carboxylic acids is 1. The van der Waals surface area contributed by atoms with Crippen molar-refractivity contribution in [2.24, 2.45) is 5.73 Å². The van der Waals surface area contributed by atoms with Crippen LogP contribution in [-0.4, -0.2) is 24.6 Å². The van der Waals surface area contributed by atoms with Gasteiger partial charge in [-0.15, -0.1) is 0 Å². The fraction of sp³-hybridized carbons (Fsp3) is 0.400. The van der Waals surface area contributed by atoms with Crippen molar-refractivity contribution in [3.8, 4) is 0 Å². The van der Waals surface area contributed by atoms with Crippen molar-refractivity contribution in [2.45, 2.75) is 6.42 Å². The van der Waals surface area contributed by atoms with E-state index in [0.717, 1.165) is 0 Å². The van der Waals surface area contributed by atoms with Gasteiger partial charge in [-0.1, -0.05) is 6.58 Å². The van der Waals surface area contributed by atoms with Gasteiger partial charge >= 0.3 is 0 Å². The molecule has 0 rings (SSSR count). The molecule has 0 unspecified atom stereocenters. The van der Waals surface area contributed by atoms with Crippen LogP contribution in [0.3, 0.4) is 0 Å². The van der Waals surface area contributed by atoms with E-state index in [-0.39, 0.29) is 12.0 Å². The normalized spacial score (nSPS) is 11.0. The van der Waals surface area contributed by atoms with Gasteiger partial charge in [-0.3, -0.25) is 9.35 Å². The van der Waals surface area contributed by atoms with Crippen LogP contribution >= 0.6 is 0 Å². The van der Waals surface area contributed by atoms with Crippen molar-refractivity contribution >= 4 is 16.0 Å². The summed E-state index contributed by atoms with van der Waals surface area (Å²) in [7, 11) is -4.02. The van der Waals surface area contributed by atoms with Crippen LogP contribution in [0.2, 0.25) is 0 Å². The van der Waals surface area contributed by atoms with Gasteiger partial charge in [0.25, 0.3) is 10.1 Å². The summed E-state index contributed by atoms with van der Waals surface area (Å²) in [5.74, 6) is -1.27. The predicted octanol–water partition coefficient (Wildman–Crippen LogP) is -0.694. The van der Waals surface area contributed by atoms with E-state index in [1.165, 1.54) is 0 Å². The first-order valence-electron chi connectivity index (χ1n) is 2.75. The Morgan fingerprint density at radius 1 is 1.55 bits per heavy atom. The summed E-state index contributed by atoms with van der Waals surface area (Å²) in [6.45, 7) is 3.21. The maximum atomic E-state index is 10.3. The van der Waals surface area contributed by atoms with E-state index >= 15 is 0 Å². The number of primary amides is 1. The number of hydrogen-bond acceptors (Lipinski definition) is 3. The van der Waals surface area contributed by atoms with Crippen molar-refractivity contribution < 1.29 is 17.8 Å². The Morgan fingerprint density at radius 3 is 2.27 bits per heavy atom. The molecule has 0 heterocycles. The standard InChI is InChI=1S/C5H9NO4S/c1-4(5(6)7)2-3-11(8,9)10/h1-3H2,(H2,6,7)(H,8,9,10). The molecule has 0 atom stereocenters. The zero-order valence-corrected chi connectivity index (χ0v) is 6.60. The molecule has 0 fully saturated rings. The zero-order valence-electron chi connectivity index (χ0n) is 5.78. The van der Waals surface area contributed by atoms with Gasteiger partial charge in [0.2, 0.25) is 5.91 Å². The molecule has 64 valence electrons. The molecule has 6 heteroatoms. The van der Waals surface area contributed by atoms with Gasteiger partial charge in [-0.25, -0.2) is 0 Å². The van der Waals surface area contributed by atoms with Crippen molar-refractivity contribution in [1.29, 1.82) is 0 Å². The molecule has 3 N–H and O–H groups in total. The molecule has 0 aromatic heterocycles. The average Bonchev–Trinajstić information content (AvgIpc) is 1.80. The topological polar surface area (TPSA) is 97.5 Å². The minimum absolute atomic E-state index is 0.0115. The molecule has 0 saturated carbocycles. The average molecular weight is 179 g/mol. The Morgan fingerprint density at radius 2 is 2.00 bits per heavy atom. The molecule has 1 amide bonds. The smallest absolute Gasteiger partial charge is 0.265 e. The van der Waals surface area contributed by atoms with E-state index in [9.17, 15) is 13.2 Å². The Balaban J connectivity index is 3.92. The summed E-state index contributed by atoms with van der Waals surface area (Å²) < 4.78 is 28.5. The van der Waals surface area contributed by atoms with E-state index in [1.54, 1.807) is 0 Å². The van der Waals surface area contributed by atoms with Gasteiger partial charge in [0, 0.05) is 5.57 Å². The first-order chi connectivity index (χ1) is 4.83. The van der Waals surface area contributed by atoms with Crippen LogP contribution in [0.25, 0.3) is 0 Å². The largest absolute Gasteiger partial charge is 0.366 e. The number of nitrogens with two attached hydrogens (primary N) is 1. The molecule has 11 heavy (non-hydrogen) atoms. The molecular formula is C5H9NO4S. The molecule has 0 aromatic carbocycles. The first kappa shape index (κ1) is 10.1. The molecular weight excluding hydrogens is 170 g/mol. The highest BCUT2D eigenvalue weighted by Gasteiger charge is 2.08. The summed E-state index contributed by atoms with van der Waals surface area (Å²) in [4.78, 5) is 10.3. The second-order valence-electron chi connectivity index (χ2n) is 2.00.